The Morgan fingerprint density at radius 2 is 1.88 bits per heavy atom. The number of nitrogens with zero attached hydrogens (tertiary/aromatic N) is 2. The van der Waals surface area contributed by atoms with Gasteiger partial charge < -0.3 is 21.1 Å². The molecular weight excluding hydrogens is 468 g/mol. The Bertz CT molecular complexity index is 1150. The number of halogens is 2. The second kappa shape index (κ2) is 9.41. The summed E-state index contributed by atoms with van der Waals surface area (Å²) >= 11 is 0. The third kappa shape index (κ3) is 5.12. The average molecular weight is 496 g/mol. The highest BCUT2D eigenvalue weighted by atomic mass is 32.2. The normalized spacial score (nSPS) is 17.8. The molecular formula is C22H27F2N5O4S. The summed E-state index contributed by atoms with van der Waals surface area (Å²) in [6.07, 6.45) is -0.281. The number of carbonyl (C=O) groups excluding carboxylic acids is 1. The average Bonchev–Trinajstić information content (AvgIpc) is 3.70. The van der Waals surface area contributed by atoms with E-state index in [9.17, 15) is 27.1 Å². The molecule has 2 aromatic rings. The van der Waals surface area contributed by atoms with Crippen LogP contribution in [0.3, 0.4) is 0 Å². The van der Waals surface area contributed by atoms with Gasteiger partial charge in [-0.2, -0.15) is 0 Å². The Labute approximate surface area is 196 Å². The highest BCUT2D eigenvalue weighted by Gasteiger charge is 2.61. The van der Waals surface area contributed by atoms with E-state index >= 15 is 0 Å². The number of aliphatic hydroxyl groups is 1. The first-order valence-electron chi connectivity index (χ1n) is 11.1. The predicted octanol–water partition coefficient (Wildman–Crippen LogP) is 2.89. The van der Waals surface area contributed by atoms with Gasteiger partial charge in [-0.15, -0.1) is 0 Å². The molecule has 2 amide bonds. The molecule has 0 bridgehead atoms. The number of hydrogen-bond acceptors (Lipinski definition) is 7. The molecule has 1 aromatic carbocycles. The van der Waals surface area contributed by atoms with Crippen LogP contribution in [0.4, 0.5) is 25.1 Å². The monoisotopic (exact) mass is 495 g/mol. The van der Waals surface area contributed by atoms with Crippen molar-refractivity contribution in [2.75, 3.05) is 23.8 Å². The van der Waals surface area contributed by atoms with E-state index in [1.54, 1.807) is 37.3 Å². The fourth-order valence-electron chi connectivity index (χ4n) is 3.73. The van der Waals surface area contributed by atoms with Crippen LogP contribution in [-0.4, -0.2) is 60.4 Å². The van der Waals surface area contributed by atoms with Gasteiger partial charge in [0.05, 0.1) is 24.1 Å². The standard InChI is InChI=1S/C22H27F2N5O4S/c1-13(12-30)26-19-10-17(22(8-9-22)34(32,33)16-6-7-16)28-20(29-19)14-2-4-15(5-3-14)27-21(31)25-11-18(23)24/h2-5,10,13,16,18,30H,6-9,11-12H2,1H3,(H2,25,27,31)(H,26,28,29)/t13-/m0/s1. The largest absolute Gasteiger partial charge is 0.394 e. The lowest BCUT2D eigenvalue weighted by Crippen LogP contribution is -2.32. The number of amides is 2. The second-order valence-corrected chi connectivity index (χ2v) is 11.3. The summed E-state index contributed by atoms with van der Waals surface area (Å²) in [5.74, 6) is 0.712. The van der Waals surface area contributed by atoms with Crippen molar-refractivity contribution in [2.24, 2.45) is 0 Å². The first-order chi connectivity index (χ1) is 16.1. The van der Waals surface area contributed by atoms with Crippen LogP contribution in [0.15, 0.2) is 30.3 Å². The molecule has 1 heterocycles. The molecule has 0 radical (unpaired) electrons. The Kier molecular flexibility index (Phi) is 6.72. The summed E-state index contributed by atoms with van der Waals surface area (Å²) in [6, 6.07) is 7.04. The maximum Gasteiger partial charge on any atom is 0.319 e. The molecule has 0 unspecified atom stereocenters. The fraction of sp³-hybridized carbons (Fsp3) is 0.500. The molecule has 34 heavy (non-hydrogen) atoms. The predicted molar refractivity (Wildman–Crippen MR) is 124 cm³/mol. The van der Waals surface area contributed by atoms with Crippen LogP contribution in [-0.2, 0) is 14.6 Å². The van der Waals surface area contributed by atoms with E-state index in [1.807, 2.05) is 0 Å². The van der Waals surface area contributed by atoms with Gasteiger partial charge in [0.15, 0.2) is 15.7 Å². The molecule has 4 N–H and O–H groups in total. The lowest BCUT2D eigenvalue weighted by molar-refractivity contribution is 0.148. The summed E-state index contributed by atoms with van der Waals surface area (Å²) in [4.78, 5) is 20.8. The number of aromatic nitrogens is 2. The third-order valence-electron chi connectivity index (χ3n) is 5.89. The summed E-state index contributed by atoms with van der Waals surface area (Å²) < 4.78 is 49.8. The molecule has 0 aliphatic heterocycles. The van der Waals surface area contributed by atoms with Crippen molar-refractivity contribution < 1.29 is 27.1 Å². The van der Waals surface area contributed by atoms with Gasteiger partial charge in [0, 0.05) is 23.4 Å². The maximum absolute atomic E-state index is 13.1. The van der Waals surface area contributed by atoms with E-state index in [0.717, 1.165) is 0 Å². The summed E-state index contributed by atoms with van der Waals surface area (Å²) in [6.45, 7) is 0.890. The van der Waals surface area contributed by atoms with Crippen LogP contribution in [0.5, 0.6) is 0 Å². The molecule has 0 spiro atoms. The summed E-state index contributed by atoms with van der Waals surface area (Å²) in [5.41, 5.74) is 1.40. The number of anilines is 2. The van der Waals surface area contributed by atoms with Crippen molar-refractivity contribution in [3.05, 3.63) is 36.0 Å². The minimum Gasteiger partial charge on any atom is -0.394 e. The molecule has 2 fully saturated rings. The van der Waals surface area contributed by atoms with E-state index in [4.69, 9.17) is 0 Å². The van der Waals surface area contributed by atoms with Crippen LogP contribution in [0.25, 0.3) is 11.4 Å². The fourth-order valence-corrected chi connectivity index (χ4v) is 6.19. The zero-order valence-electron chi connectivity index (χ0n) is 18.6. The van der Waals surface area contributed by atoms with Crippen LogP contribution in [0, 0.1) is 0 Å². The van der Waals surface area contributed by atoms with Gasteiger partial charge in [-0.3, -0.25) is 0 Å². The van der Waals surface area contributed by atoms with E-state index < -0.39 is 33.6 Å². The zero-order chi connectivity index (χ0) is 24.5. The number of rotatable bonds is 10. The zero-order valence-corrected chi connectivity index (χ0v) is 19.4. The van der Waals surface area contributed by atoms with Crippen LogP contribution < -0.4 is 16.0 Å². The SMILES string of the molecule is C[C@@H](CO)Nc1cc(C2(S(=O)(=O)C3CC3)CC2)nc(-c2ccc(NC(=O)NCC(F)F)cc2)n1. The molecule has 1 atom stereocenters. The van der Waals surface area contributed by atoms with Crippen molar-refractivity contribution in [2.45, 2.75) is 55.1 Å². The Hall–Kier alpha value is -2.86. The number of sulfone groups is 1. The van der Waals surface area contributed by atoms with Crippen LogP contribution in [0.1, 0.15) is 38.3 Å². The second-order valence-electron chi connectivity index (χ2n) is 8.73. The lowest BCUT2D eigenvalue weighted by atomic mass is 10.1. The van der Waals surface area contributed by atoms with Crippen molar-refractivity contribution in [3.8, 4) is 11.4 Å². The highest BCUT2D eigenvalue weighted by Crippen LogP contribution is 2.57. The molecule has 184 valence electrons. The first-order valence-corrected chi connectivity index (χ1v) is 12.6. The van der Waals surface area contributed by atoms with Gasteiger partial charge in [-0.25, -0.2) is 32.0 Å². The number of hydrogen-bond donors (Lipinski definition) is 4. The minimum absolute atomic E-state index is 0.131. The van der Waals surface area contributed by atoms with Crippen molar-refractivity contribution >= 4 is 27.4 Å². The number of carbonyl (C=O) groups is 1. The lowest BCUT2D eigenvalue weighted by Gasteiger charge is -2.19. The first kappa shape index (κ1) is 24.3. The topological polar surface area (TPSA) is 133 Å². The highest BCUT2D eigenvalue weighted by molar-refractivity contribution is 7.93. The molecule has 0 saturated heterocycles. The summed E-state index contributed by atoms with van der Waals surface area (Å²) in [7, 11) is -3.36. The molecule has 2 saturated carbocycles. The van der Waals surface area contributed by atoms with E-state index in [2.05, 4.69) is 25.9 Å². The van der Waals surface area contributed by atoms with E-state index in [0.29, 0.717) is 54.3 Å². The van der Waals surface area contributed by atoms with E-state index in [-0.39, 0.29) is 17.9 Å². The van der Waals surface area contributed by atoms with Gasteiger partial charge in [0.25, 0.3) is 6.43 Å². The van der Waals surface area contributed by atoms with Crippen molar-refractivity contribution in [1.82, 2.24) is 15.3 Å². The Morgan fingerprint density at radius 1 is 1.21 bits per heavy atom. The van der Waals surface area contributed by atoms with E-state index in [1.165, 1.54) is 0 Å². The number of alkyl halides is 2. The Balaban J connectivity index is 1.62. The molecule has 2 aliphatic carbocycles. The van der Waals surface area contributed by atoms with Crippen molar-refractivity contribution in [3.63, 3.8) is 0 Å². The smallest absolute Gasteiger partial charge is 0.319 e. The van der Waals surface area contributed by atoms with Crippen LogP contribution >= 0.6 is 0 Å². The molecule has 12 heteroatoms. The van der Waals surface area contributed by atoms with Gasteiger partial charge >= 0.3 is 6.03 Å². The quantitative estimate of drug-likeness (QED) is 0.398. The number of nitrogens with one attached hydrogen (secondary N) is 3. The third-order valence-corrected chi connectivity index (χ3v) is 8.95. The van der Waals surface area contributed by atoms with Gasteiger partial charge in [-0.1, -0.05) is 0 Å². The van der Waals surface area contributed by atoms with Gasteiger partial charge in [0.1, 0.15) is 10.6 Å². The molecule has 4 rings (SSSR count). The van der Waals surface area contributed by atoms with Gasteiger partial charge in [-0.05, 0) is 56.9 Å². The maximum atomic E-state index is 13.1. The van der Waals surface area contributed by atoms with Crippen LogP contribution in [0.2, 0.25) is 0 Å². The van der Waals surface area contributed by atoms with Gasteiger partial charge in [0.2, 0.25) is 0 Å². The molecule has 1 aromatic heterocycles. The molecule has 9 nitrogen and oxygen atoms in total. The van der Waals surface area contributed by atoms with Crippen molar-refractivity contribution in [1.29, 1.82) is 0 Å². The minimum atomic E-state index is -3.36. The Morgan fingerprint density at radius 3 is 2.44 bits per heavy atom. The number of urea groups is 1. The number of aliphatic hydroxyl groups excluding tert-OH is 1. The summed E-state index contributed by atoms with van der Waals surface area (Å²) in [5, 5.41) is 16.7. The number of benzene rings is 1. The molecule has 2 aliphatic rings.